The number of carbonyl (C=O) groups is 2. The molecule has 1 aromatic carbocycles. The smallest absolute Gasteiger partial charge is 0.265 e. The first-order valence-corrected chi connectivity index (χ1v) is 7.54. The van der Waals surface area contributed by atoms with Gasteiger partial charge in [0.1, 0.15) is 18.5 Å². The summed E-state index contributed by atoms with van der Waals surface area (Å²) in [4.78, 5) is 28.4. The van der Waals surface area contributed by atoms with Crippen molar-refractivity contribution in [2.45, 2.75) is 19.1 Å². The summed E-state index contributed by atoms with van der Waals surface area (Å²) in [6.07, 6.45) is 0.772. The van der Waals surface area contributed by atoms with Crippen molar-refractivity contribution in [2.75, 3.05) is 11.9 Å². The number of carbonyl (C=O) groups excluding carboxylic acids is 2. The van der Waals surface area contributed by atoms with Crippen LogP contribution in [0.1, 0.15) is 6.92 Å². The highest BCUT2D eigenvalue weighted by Crippen LogP contribution is 2.30. The van der Waals surface area contributed by atoms with Crippen molar-refractivity contribution in [2.24, 2.45) is 0 Å². The maximum absolute atomic E-state index is 12.3. The van der Waals surface area contributed by atoms with Crippen LogP contribution in [0.4, 0.5) is 5.82 Å². The number of nitrogens with one attached hydrogen (secondary N) is 2. The first-order valence-electron chi connectivity index (χ1n) is 7.54. The fourth-order valence-electron chi connectivity index (χ4n) is 2.19. The molecule has 0 radical (unpaired) electrons. The molecule has 2 N–H and O–H groups in total. The summed E-state index contributed by atoms with van der Waals surface area (Å²) < 4.78 is 11.1. The Kier molecular flexibility index (Phi) is 4.60. The molecule has 3 rings (SSSR count). The van der Waals surface area contributed by atoms with Crippen LogP contribution in [0.2, 0.25) is 0 Å². The lowest BCUT2D eigenvalue weighted by Crippen LogP contribution is -2.50. The predicted octanol–water partition coefficient (Wildman–Crippen LogP) is 1.36. The summed E-state index contributed by atoms with van der Waals surface area (Å²) in [7, 11) is 0. The predicted molar refractivity (Wildman–Crippen MR) is 86.8 cm³/mol. The Bertz CT molecular complexity index is 736. The van der Waals surface area contributed by atoms with E-state index in [2.05, 4.69) is 15.6 Å². The zero-order valence-corrected chi connectivity index (χ0v) is 13.1. The van der Waals surface area contributed by atoms with Gasteiger partial charge in [-0.3, -0.25) is 9.59 Å². The number of aromatic nitrogens is 1. The van der Waals surface area contributed by atoms with Crippen molar-refractivity contribution < 1.29 is 19.1 Å². The standard InChI is InChI=1S/C17H17N3O4/c1-11(16(21)20-15-8-4-5-9-18-15)19-17(22)14-10-23-12-6-2-3-7-13(12)24-14/h2-9,11,14H,10H2,1H3,(H,19,22)(H,18,20,21)/t11-,14+/m0/s1. The summed E-state index contributed by atoms with van der Waals surface area (Å²) in [6, 6.07) is 11.6. The number of nitrogens with zero attached hydrogens (tertiary/aromatic N) is 1. The van der Waals surface area contributed by atoms with Crippen LogP contribution in [-0.4, -0.2) is 35.6 Å². The van der Waals surface area contributed by atoms with E-state index in [4.69, 9.17) is 9.47 Å². The molecule has 1 aliphatic heterocycles. The highest BCUT2D eigenvalue weighted by Gasteiger charge is 2.29. The van der Waals surface area contributed by atoms with E-state index in [1.165, 1.54) is 0 Å². The van der Waals surface area contributed by atoms with E-state index in [0.717, 1.165) is 0 Å². The molecule has 7 heteroatoms. The van der Waals surface area contributed by atoms with Crippen LogP contribution in [0.5, 0.6) is 11.5 Å². The lowest BCUT2D eigenvalue weighted by Gasteiger charge is -2.26. The second-order valence-electron chi connectivity index (χ2n) is 5.30. The molecule has 0 spiro atoms. The molecule has 0 bridgehead atoms. The Balaban J connectivity index is 1.56. The van der Waals surface area contributed by atoms with Gasteiger partial charge in [-0.1, -0.05) is 18.2 Å². The van der Waals surface area contributed by atoms with Gasteiger partial charge in [0, 0.05) is 6.20 Å². The van der Waals surface area contributed by atoms with Crippen molar-refractivity contribution in [3.63, 3.8) is 0 Å². The van der Waals surface area contributed by atoms with E-state index in [1.54, 1.807) is 49.5 Å². The van der Waals surface area contributed by atoms with Crippen LogP contribution in [-0.2, 0) is 9.59 Å². The molecule has 0 saturated heterocycles. The van der Waals surface area contributed by atoms with Gasteiger partial charge in [-0.2, -0.15) is 0 Å². The fraction of sp³-hybridized carbons (Fsp3) is 0.235. The Morgan fingerprint density at radius 3 is 2.67 bits per heavy atom. The molecule has 2 atom stereocenters. The molecule has 1 aromatic heterocycles. The Morgan fingerprint density at radius 2 is 1.92 bits per heavy atom. The third-order valence-corrected chi connectivity index (χ3v) is 3.47. The van der Waals surface area contributed by atoms with Crippen LogP contribution >= 0.6 is 0 Å². The quantitative estimate of drug-likeness (QED) is 0.885. The third-order valence-electron chi connectivity index (χ3n) is 3.47. The van der Waals surface area contributed by atoms with Gasteiger partial charge >= 0.3 is 0 Å². The van der Waals surface area contributed by atoms with Crippen molar-refractivity contribution >= 4 is 17.6 Å². The number of ether oxygens (including phenoxy) is 2. The minimum Gasteiger partial charge on any atom is -0.485 e. The van der Waals surface area contributed by atoms with E-state index in [9.17, 15) is 9.59 Å². The molecule has 1 aliphatic rings. The number of hydrogen-bond acceptors (Lipinski definition) is 5. The highest BCUT2D eigenvalue weighted by atomic mass is 16.6. The van der Waals surface area contributed by atoms with Crippen LogP contribution in [0.3, 0.4) is 0 Å². The monoisotopic (exact) mass is 327 g/mol. The van der Waals surface area contributed by atoms with E-state index in [-0.39, 0.29) is 12.5 Å². The molecule has 2 heterocycles. The molecule has 24 heavy (non-hydrogen) atoms. The van der Waals surface area contributed by atoms with Gasteiger partial charge in [0.25, 0.3) is 5.91 Å². The first kappa shape index (κ1) is 15.8. The van der Waals surface area contributed by atoms with Gasteiger partial charge in [0.15, 0.2) is 11.5 Å². The lowest BCUT2D eigenvalue weighted by molar-refractivity contribution is -0.133. The molecular weight excluding hydrogens is 310 g/mol. The average molecular weight is 327 g/mol. The number of anilines is 1. The second-order valence-corrected chi connectivity index (χ2v) is 5.30. The SMILES string of the molecule is C[C@H](NC(=O)[C@H]1COc2ccccc2O1)C(=O)Nc1ccccn1. The first-order chi connectivity index (χ1) is 11.6. The highest BCUT2D eigenvalue weighted by molar-refractivity contribution is 5.96. The summed E-state index contributed by atoms with van der Waals surface area (Å²) in [6.45, 7) is 1.69. The van der Waals surface area contributed by atoms with Crippen LogP contribution in [0.15, 0.2) is 48.7 Å². The average Bonchev–Trinajstić information content (AvgIpc) is 2.62. The normalized spacial score (nSPS) is 16.8. The summed E-state index contributed by atoms with van der Waals surface area (Å²) in [5.41, 5.74) is 0. The van der Waals surface area contributed by atoms with Crippen LogP contribution in [0.25, 0.3) is 0 Å². The minimum absolute atomic E-state index is 0.0947. The van der Waals surface area contributed by atoms with E-state index >= 15 is 0 Å². The van der Waals surface area contributed by atoms with Gasteiger partial charge < -0.3 is 20.1 Å². The summed E-state index contributed by atoms with van der Waals surface area (Å²) in [5, 5.41) is 5.25. The van der Waals surface area contributed by atoms with Crippen molar-refractivity contribution in [3.8, 4) is 11.5 Å². The number of benzene rings is 1. The summed E-state index contributed by atoms with van der Waals surface area (Å²) in [5.74, 6) is 0.763. The van der Waals surface area contributed by atoms with Gasteiger partial charge in [-0.15, -0.1) is 0 Å². The number of hydrogen-bond donors (Lipinski definition) is 2. The van der Waals surface area contributed by atoms with Gasteiger partial charge in [-0.25, -0.2) is 4.98 Å². The number of rotatable bonds is 4. The maximum atomic E-state index is 12.3. The molecule has 0 unspecified atom stereocenters. The molecule has 0 saturated carbocycles. The second kappa shape index (κ2) is 6.99. The number of para-hydroxylation sites is 2. The zero-order chi connectivity index (χ0) is 16.9. The minimum atomic E-state index is -0.801. The molecule has 2 aromatic rings. The van der Waals surface area contributed by atoms with Crippen molar-refractivity contribution in [3.05, 3.63) is 48.7 Å². The van der Waals surface area contributed by atoms with Gasteiger partial charge in [-0.05, 0) is 31.2 Å². The largest absolute Gasteiger partial charge is 0.485 e. The summed E-state index contributed by atoms with van der Waals surface area (Å²) >= 11 is 0. The van der Waals surface area contributed by atoms with Gasteiger partial charge in [0.2, 0.25) is 12.0 Å². The molecule has 0 fully saturated rings. The number of amides is 2. The maximum Gasteiger partial charge on any atom is 0.265 e. The zero-order valence-electron chi connectivity index (χ0n) is 13.1. The third kappa shape index (κ3) is 3.62. The Labute approximate surface area is 139 Å². The molecule has 0 aliphatic carbocycles. The van der Waals surface area contributed by atoms with Crippen LogP contribution < -0.4 is 20.1 Å². The van der Waals surface area contributed by atoms with Crippen molar-refractivity contribution in [1.82, 2.24) is 10.3 Å². The Hall–Kier alpha value is -3.09. The fourth-order valence-corrected chi connectivity index (χ4v) is 2.19. The molecule has 124 valence electrons. The van der Waals surface area contributed by atoms with E-state index in [1.807, 2.05) is 6.07 Å². The lowest BCUT2D eigenvalue weighted by atomic mass is 10.2. The van der Waals surface area contributed by atoms with E-state index < -0.39 is 18.1 Å². The Morgan fingerprint density at radius 1 is 1.17 bits per heavy atom. The molecule has 2 amide bonds. The van der Waals surface area contributed by atoms with Crippen LogP contribution in [0, 0.1) is 0 Å². The molecular formula is C17H17N3O4. The number of pyridine rings is 1. The van der Waals surface area contributed by atoms with Gasteiger partial charge in [0.05, 0.1) is 0 Å². The number of fused-ring (bicyclic) bond motifs is 1. The molecule has 7 nitrogen and oxygen atoms in total. The van der Waals surface area contributed by atoms with E-state index in [0.29, 0.717) is 17.3 Å². The van der Waals surface area contributed by atoms with Crippen molar-refractivity contribution in [1.29, 1.82) is 0 Å². The topological polar surface area (TPSA) is 89.5 Å².